The number of fused-ring (bicyclic) bond motifs is 2. The minimum Gasteiger partial charge on any atom is -0.434 e. The number of hydrogen-bond acceptors (Lipinski definition) is 8. The molecule has 3 amide bonds. The van der Waals surface area contributed by atoms with Crippen LogP contribution >= 0.6 is 0 Å². The lowest BCUT2D eigenvalue weighted by atomic mass is 9.93. The van der Waals surface area contributed by atoms with Gasteiger partial charge >= 0.3 is 5.97 Å². The number of likely N-dealkylation sites (N-methyl/N-ethyl adjacent to an activating group) is 1. The Morgan fingerprint density at radius 2 is 1.89 bits per heavy atom. The summed E-state index contributed by atoms with van der Waals surface area (Å²) in [5.41, 5.74) is 0.250. The third-order valence-electron chi connectivity index (χ3n) is 7.72. The number of piperazine rings is 1. The lowest BCUT2D eigenvalue weighted by Crippen LogP contribution is -2.68. The number of rotatable bonds is 5. The Morgan fingerprint density at radius 3 is 2.66 bits per heavy atom. The van der Waals surface area contributed by atoms with Crippen molar-refractivity contribution in [2.45, 2.75) is 69.5 Å². The van der Waals surface area contributed by atoms with Gasteiger partial charge in [-0.2, -0.15) is 0 Å². The van der Waals surface area contributed by atoms with Crippen molar-refractivity contribution in [2.75, 3.05) is 19.6 Å². The van der Waals surface area contributed by atoms with Gasteiger partial charge in [-0.3, -0.25) is 29.1 Å². The predicted molar refractivity (Wildman–Crippen MR) is 137 cm³/mol. The first kappa shape index (κ1) is 26.1. The van der Waals surface area contributed by atoms with Crippen LogP contribution < -0.4 is 10.6 Å². The van der Waals surface area contributed by atoms with Crippen molar-refractivity contribution in [1.82, 2.24) is 25.4 Å². The number of esters is 1. The average molecular weight is 524 g/mol. The van der Waals surface area contributed by atoms with Gasteiger partial charge in [0.05, 0.1) is 6.42 Å². The van der Waals surface area contributed by atoms with Crippen LogP contribution in [0.2, 0.25) is 0 Å². The van der Waals surface area contributed by atoms with Crippen LogP contribution in [-0.2, 0) is 19.1 Å². The van der Waals surface area contributed by atoms with Crippen molar-refractivity contribution in [3.63, 3.8) is 0 Å². The summed E-state index contributed by atoms with van der Waals surface area (Å²) in [4.78, 5) is 60.4. The van der Waals surface area contributed by atoms with E-state index >= 15 is 0 Å². The SMILES string of the molecule is CCN1C[C@@H]2CCCC[C@H](NC(=O)c3nccc4ccccc34)C(=O)N2[C@H](C(=O)NC2CC(=O)OC2O)C1. The number of nitrogens with zero attached hydrogens (tertiary/aromatic N) is 3. The fraction of sp³-hybridized carbons (Fsp3) is 0.519. The van der Waals surface area contributed by atoms with Gasteiger partial charge in [-0.25, -0.2) is 0 Å². The highest BCUT2D eigenvalue weighted by Gasteiger charge is 2.45. The number of ether oxygens (including phenoxy) is 1. The van der Waals surface area contributed by atoms with Gasteiger partial charge in [-0.15, -0.1) is 0 Å². The number of aromatic nitrogens is 1. The van der Waals surface area contributed by atoms with Crippen molar-refractivity contribution in [1.29, 1.82) is 0 Å². The number of aliphatic hydroxyl groups excluding tert-OH is 1. The van der Waals surface area contributed by atoms with Crippen LogP contribution in [0.25, 0.3) is 10.8 Å². The van der Waals surface area contributed by atoms with Crippen LogP contribution in [-0.4, -0.2) is 93.7 Å². The van der Waals surface area contributed by atoms with Crippen molar-refractivity contribution >= 4 is 34.5 Å². The molecule has 3 aliphatic heterocycles. The molecular formula is C27H33N5O6. The van der Waals surface area contributed by atoms with Crippen LogP contribution in [0.3, 0.4) is 0 Å². The zero-order valence-corrected chi connectivity index (χ0v) is 21.3. The summed E-state index contributed by atoms with van der Waals surface area (Å²) in [6.07, 6.45) is 2.83. The Labute approximate surface area is 220 Å². The van der Waals surface area contributed by atoms with Gasteiger partial charge < -0.3 is 25.4 Å². The molecule has 4 heterocycles. The average Bonchev–Trinajstić information content (AvgIpc) is 3.23. The smallest absolute Gasteiger partial charge is 0.310 e. The summed E-state index contributed by atoms with van der Waals surface area (Å²) in [5, 5.41) is 17.2. The molecule has 0 saturated carbocycles. The zero-order valence-electron chi connectivity index (χ0n) is 21.3. The number of benzene rings is 1. The molecule has 3 fully saturated rings. The van der Waals surface area contributed by atoms with Gasteiger partial charge in [0.2, 0.25) is 18.1 Å². The van der Waals surface area contributed by atoms with E-state index in [2.05, 4.69) is 20.5 Å². The summed E-state index contributed by atoms with van der Waals surface area (Å²) in [6, 6.07) is 6.55. The summed E-state index contributed by atoms with van der Waals surface area (Å²) in [7, 11) is 0. The van der Waals surface area contributed by atoms with E-state index in [-0.39, 0.29) is 24.1 Å². The summed E-state index contributed by atoms with van der Waals surface area (Å²) in [6.45, 7) is 3.66. The molecule has 11 heteroatoms. The molecule has 2 unspecified atom stereocenters. The van der Waals surface area contributed by atoms with Crippen LogP contribution in [0.5, 0.6) is 0 Å². The number of nitrogens with one attached hydrogen (secondary N) is 2. The molecule has 5 atom stereocenters. The lowest BCUT2D eigenvalue weighted by Gasteiger charge is -2.48. The number of hydrogen-bond donors (Lipinski definition) is 3. The van der Waals surface area contributed by atoms with E-state index in [0.29, 0.717) is 31.4 Å². The Bertz CT molecular complexity index is 1230. The highest BCUT2D eigenvalue weighted by Crippen LogP contribution is 2.27. The Hall–Kier alpha value is -3.57. The van der Waals surface area contributed by atoms with E-state index in [1.54, 1.807) is 11.1 Å². The number of carbonyl (C=O) groups excluding carboxylic acids is 4. The van der Waals surface area contributed by atoms with E-state index < -0.39 is 42.2 Å². The van der Waals surface area contributed by atoms with Gasteiger partial charge in [0, 0.05) is 30.7 Å². The quantitative estimate of drug-likeness (QED) is 0.483. The van der Waals surface area contributed by atoms with Crippen molar-refractivity contribution in [2.24, 2.45) is 0 Å². The van der Waals surface area contributed by atoms with Gasteiger partial charge in [0.25, 0.3) is 5.91 Å². The maximum absolute atomic E-state index is 14.0. The van der Waals surface area contributed by atoms with Crippen molar-refractivity contribution in [3.8, 4) is 0 Å². The summed E-state index contributed by atoms with van der Waals surface area (Å²) >= 11 is 0. The monoisotopic (exact) mass is 523 g/mol. The molecule has 0 aliphatic carbocycles. The molecule has 0 spiro atoms. The molecule has 0 bridgehead atoms. The maximum Gasteiger partial charge on any atom is 0.310 e. The third kappa shape index (κ3) is 5.21. The first-order valence-corrected chi connectivity index (χ1v) is 13.2. The standard InChI is InChI=1S/C27H33N5O6/c1-2-31-14-17-8-4-6-10-19(29-25(35)23-18-9-5-3-7-16(18)11-12-28-23)26(36)32(17)21(15-31)24(34)30-20-13-22(33)38-27(20)37/h3,5,7,9,11-12,17,19-21,27,37H,2,4,6,8,10,13-15H2,1H3,(H,29,35)(H,30,34)/t17-,19-,20?,21-,27?/m0/s1. The minimum absolute atomic E-state index is 0.134. The molecule has 202 valence electrons. The van der Waals surface area contributed by atoms with E-state index in [0.717, 1.165) is 24.6 Å². The number of carbonyl (C=O) groups is 4. The second kappa shape index (κ2) is 11.0. The number of aliphatic hydroxyl groups is 1. The maximum atomic E-state index is 14.0. The van der Waals surface area contributed by atoms with Crippen molar-refractivity contribution in [3.05, 3.63) is 42.2 Å². The Morgan fingerprint density at radius 1 is 1.11 bits per heavy atom. The van der Waals surface area contributed by atoms with E-state index in [9.17, 15) is 24.3 Å². The molecule has 1 aromatic carbocycles. The third-order valence-corrected chi connectivity index (χ3v) is 7.72. The first-order valence-electron chi connectivity index (χ1n) is 13.2. The van der Waals surface area contributed by atoms with Crippen LogP contribution in [0.4, 0.5) is 0 Å². The van der Waals surface area contributed by atoms with Crippen LogP contribution in [0, 0.1) is 0 Å². The second-order valence-electron chi connectivity index (χ2n) is 10.2. The Kier molecular flexibility index (Phi) is 7.57. The first-order chi connectivity index (χ1) is 18.4. The molecule has 3 saturated heterocycles. The molecule has 0 radical (unpaired) electrons. The van der Waals surface area contributed by atoms with Gasteiger partial charge in [0.1, 0.15) is 23.8 Å². The normalized spacial score (nSPS) is 28.3. The summed E-state index contributed by atoms with van der Waals surface area (Å²) in [5.74, 6) is -1.79. The highest BCUT2D eigenvalue weighted by molar-refractivity contribution is 6.06. The summed E-state index contributed by atoms with van der Waals surface area (Å²) < 4.78 is 4.76. The van der Waals surface area contributed by atoms with Crippen molar-refractivity contribution < 1.29 is 29.0 Å². The van der Waals surface area contributed by atoms with Crippen LogP contribution in [0.15, 0.2) is 36.5 Å². The number of pyridine rings is 1. The fourth-order valence-corrected chi connectivity index (χ4v) is 5.72. The lowest BCUT2D eigenvalue weighted by molar-refractivity contribution is -0.156. The molecule has 1 aromatic heterocycles. The molecule has 3 N–H and O–H groups in total. The molecular weight excluding hydrogens is 490 g/mol. The number of amides is 3. The molecule has 2 aromatic rings. The molecule has 5 rings (SSSR count). The molecule has 11 nitrogen and oxygen atoms in total. The van der Waals surface area contributed by atoms with Gasteiger partial charge in [-0.1, -0.05) is 44.0 Å². The zero-order chi connectivity index (χ0) is 26.8. The fourth-order valence-electron chi connectivity index (χ4n) is 5.72. The van der Waals surface area contributed by atoms with Gasteiger partial charge in [-0.05, 0) is 30.8 Å². The Balaban J connectivity index is 1.39. The second-order valence-corrected chi connectivity index (χ2v) is 10.2. The van der Waals surface area contributed by atoms with E-state index in [1.807, 2.05) is 37.3 Å². The highest BCUT2D eigenvalue weighted by atomic mass is 16.6. The molecule has 3 aliphatic rings. The molecule has 38 heavy (non-hydrogen) atoms. The largest absolute Gasteiger partial charge is 0.434 e. The van der Waals surface area contributed by atoms with E-state index in [4.69, 9.17) is 4.74 Å². The van der Waals surface area contributed by atoms with E-state index in [1.165, 1.54) is 0 Å². The number of cyclic esters (lactones) is 1. The van der Waals surface area contributed by atoms with Gasteiger partial charge in [0.15, 0.2) is 0 Å². The topological polar surface area (TPSA) is 141 Å². The minimum atomic E-state index is -1.42. The van der Waals surface area contributed by atoms with Crippen LogP contribution in [0.1, 0.15) is 49.5 Å². The predicted octanol–water partition coefficient (Wildman–Crippen LogP) is 0.559.